The van der Waals surface area contributed by atoms with Crippen LogP contribution in [-0.4, -0.2) is 47.2 Å². The number of methoxy groups -OCH3 is 1. The van der Waals surface area contributed by atoms with Crippen LogP contribution in [0.1, 0.15) is 25.3 Å². The summed E-state index contributed by atoms with van der Waals surface area (Å²) < 4.78 is 10.5. The molecule has 0 radical (unpaired) electrons. The van der Waals surface area contributed by atoms with Gasteiger partial charge in [0.2, 0.25) is 17.6 Å². The van der Waals surface area contributed by atoms with Crippen molar-refractivity contribution in [3.8, 4) is 17.1 Å². The number of nitrogens with zero attached hydrogens (tertiary/aromatic N) is 2. The van der Waals surface area contributed by atoms with E-state index in [2.05, 4.69) is 20.8 Å². The van der Waals surface area contributed by atoms with Gasteiger partial charge in [0.15, 0.2) is 0 Å². The van der Waals surface area contributed by atoms with E-state index < -0.39 is 0 Å². The Kier molecular flexibility index (Phi) is 7.74. The molecule has 9 heteroatoms. The quantitative estimate of drug-likeness (QED) is 0.772. The molecule has 1 saturated heterocycles. The Morgan fingerprint density at radius 3 is 3.12 bits per heavy atom. The van der Waals surface area contributed by atoms with E-state index in [0.29, 0.717) is 18.1 Å². The summed E-state index contributed by atoms with van der Waals surface area (Å²) in [4.78, 5) is 16.6. The molecule has 1 aromatic carbocycles. The fourth-order valence-electron chi connectivity index (χ4n) is 2.63. The molecule has 2 heterocycles. The molecule has 1 aromatic heterocycles. The van der Waals surface area contributed by atoms with Gasteiger partial charge in [-0.05, 0) is 19.1 Å². The van der Waals surface area contributed by atoms with Crippen molar-refractivity contribution in [1.82, 2.24) is 20.8 Å². The second-order valence-electron chi connectivity index (χ2n) is 5.91. The lowest BCUT2D eigenvalue weighted by Crippen LogP contribution is -2.41. The molecule has 3 rings (SSSR count). The first-order chi connectivity index (χ1) is 12.2. The molecule has 142 valence electrons. The maximum Gasteiger partial charge on any atom is 0.249 e. The summed E-state index contributed by atoms with van der Waals surface area (Å²) in [6.07, 6.45) is 0.453. The van der Waals surface area contributed by atoms with Crippen LogP contribution >= 0.6 is 24.2 Å². The van der Waals surface area contributed by atoms with Gasteiger partial charge >= 0.3 is 0 Å². The topological polar surface area (TPSA) is 89.3 Å². The third-order valence-electron chi connectivity index (χ3n) is 3.95. The number of nitrogens with one attached hydrogen (secondary N) is 2. The van der Waals surface area contributed by atoms with Crippen molar-refractivity contribution in [2.45, 2.75) is 25.4 Å². The van der Waals surface area contributed by atoms with E-state index in [9.17, 15) is 4.79 Å². The van der Waals surface area contributed by atoms with Gasteiger partial charge in [-0.2, -0.15) is 16.7 Å². The Labute approximate surface area is 163 Å². The van der Waals surface area contributed by atoms with Gasteiger partial charge in [-0.25, -0.2) is 0 Å². The summed E-state index contributed by atoms with van der Waals surface area (Å²) in [7, 11) is 1.61. The summed E-state index contributed by atoms with van der Waals surface area (Å²) >= 11 is 1.87. The van der Waals surface area contributed by atoms with E-state index in [1.54, 1.807) is 7.11 Å². The lowest BCUT2D eigenvalue weighted by atomic mass is 10.2. The molecular formula is C17H23ClN4O3S. The number of thioether (sulfide) groups is 1. The molecule has 2 atom stereocenters. The van der Waals surface area contributed by atoms with E-state index in [1.165, 1.54) is 0 Å². The van der Waals surface area contributed by atoms with E-state index in [0.717, 1.165) is 29.4 Å². The fraction of sp³-hybridized carbons (Fsp3) is 0.471. The van der Waals surface area contributed by atoms with E-state index in [1.807, 2.05) is 43.0 Å². The average molecular weight is 399 g/mol. The Morgan fingerprint density at radius 2 is 2.38 bits per heavy atom. The number of carbonyl (C=O) groups excluding carboxylic acids is 1. The van der Waals surface area contributed by atoms with Gasteiger partial charge in [0, 0.05) is 36.1 Å². The minimum absolute atomic E-state index is 0. The third kappa shape index (κ3) is 5.36. The number of hydrogen-bond donors (Lipinski definition) is 2. The molecular weight excluding hydrogens is 376 g/mol. The minimum atomic E-state index is -0.337. The summed E-state index contributed by atoms with van der Waals surface area (Å²) in [5.41, 5.74) is 0.802. The summed E-state index contributed by atoms with van der Waals surface area (Å²) in [5, 5.41) is 10.3. The maximum absolute atomic E-state index is 12.2. The Hall–Kier alpha value is -1.77. The zero-order chi connectivity index (χ0) is 17.6. The number of ether oxygens (including phenoxy) is 1. The van der Waals surface area contributed by atoms with Crippen molar-refractivity contribution in [2.24, 2.45) is 0 Å². The zero-order valence-electron chi connectivity index (χ0n) is 14.7. The predicted molar refractivity (Wildman–Crippen MR) is 104 cm³/mol. The molecule has 2 N–H and O–H groups in total. The van der Waals surface area contributed by atoms with Gasteiger partial charge in [-0.3, -0.25) is 4.79 Å². The lowest BCUT2D eigenvalue weighted by Gasteiger charge is -2.23. The van der Waals surface area contributed by atoms with Crippen LogP contribution in [-0.2, 0) is 4.79 Å². The van der Waals surface area contributed by atoms with Crippen molar-refractivity contribution in [3.05, 3.63) is 30.2 Å². The lowest BCUT2D eigenvalue weighted by molar-refractivity contribution is -0.122. The molecule has 1 aliphatic rings. The molecule has 1 amide bonds. The van der Waals surface area contributed by atoms with Crippen molar-refractivity contribution in [3.63, 3.8) is 0 Å². The minimum Gasteiger partial charge on any atom is -0.497 e. The van der Waals surface area contributed by atoms with E-state index >= 15 is 0 Å². The van der Waals surface area contributed by atoms with Gasteiger partial charge in [0.1, 0.15) is 11.8 Å². The Bertz CT molecular complexity index is 722. The Balaban J connectivity index is 0.00000243. The van der Waals surface area contributed by atoms with Crippen LogP contribution in [0.25, 0.3) is 11.4 Å². The van der Waals surface area contributed by atoms with Crippen LogP contribution in [0.2, 0.25) is 0 Å². The second-order valence-corrected chi connectivity index (χ2v) is 7.06. The maximum atomic E-state index is 12.2. The molecule has 1 aliphatic heterocycles. The molecule has 26 heavy (non-hydrogen) atoms. The van der Waals surface area contributed by atoms with Crippen molar-refractivity contribution >= 4 is 30.1 Å². The molecule has 7 nitrogen and oxygen atoms in total. The predicted octanol–water partition coefficient (Wildman–Crippen LogP) is 2.44. The van der Waals surface area contributed by atoms with Gasteiger partial charge in [0.25, 0.3) is 0 Å². The van der Waals surface area contributed by atoms with Crippen LogP contribution in [0.15, 0.2) is 28.8 Å². The van der Waals surface area contributed by atoms with Crippen LogP contribution < -0.4 is 15.4 Å². The Morgan fingerprint density at radius 1 is 1.54 bits per heavy atom. The number of benzene rings is 1. The van der Waals surface area contributed by atoms with E-state index in [4.69, 9.17) is 9.26 Å². The van der Waals surface area contributed by atoms with Gasteiger partial charge in [0.05, 0.1) is 7.11 Å². The highest BCUT2D eigenvalue weighted by atomic mass is 35.5. The monoisotopic (exact) mass is 398 g/mol. The average Bonchev–Trinajstić information content (AvgIpc) is 3.13. The van der Waals surface area contributed by atoms with Crippen LogP contribution in [0.3, 0.4) is 0 Å². The fourth-order valence-corrected chi connectivity index (χ4v) is 3.58. The SMILES string of the molecule is COc1cccc(-c2noc(C(C)NC(=O)CC3CSCCN3)n2)c1.Cl. The highest BCUT2D eigenvalue weighted by molar-refractivity contribution is 7.99. The molecule has 2 aromatic rings. The smallest absolute Gasteiger partial charge is 0.249 e. The summed E-state index contributed by atoms with van der Waals surface area (Å²) in [6.45, 7) is 2.79. The first kappa shape index (κ1) is 20.5. The molecule has 0 aliphatic carbocycles. The highest BCUT2D eigenvalue weighted by Crippen LogP contribution is 2.22. The number of aromatic nitrogens is 2. The van der Waals surface area contributed by atoms with Gasteiger partial charge in [-0.15, -0.1) is 12.4 Å². The molecule has 1 fully saturated rings. The summed E-state index contributed by atoms with van der Waals surface area (Å²) in [5.74, 6) is 3.63. The number of halogens is 1. The van der Waals surface area contributed by atoms with Crippen LogP contribution in [0, 0.1) is 0 Å². The standard InChI is InChI=1S/C17H22N4O3S.ClH/c1-11(19-15(22)9-13-10-25-7-6-18-13)17-20-16(21-24-17)12-4-3-5-14(8-12)23-2;/h3-5,8,11,13,18H,6-7,9-10H2,1-2H3,(H,19,22);1H. The molecule has 0 spiro atoms. The van der Waals surface area contributed by atoms with Crippen molar-refractivity contribution in [1.29, 1.82) is 0 Å². The van der Waals surface area contributed by atoms with Crippen molar-refractivity contribution < 1.29 is 14.1 Å². The summed E-state index contributed by atoms with van der Waals surface area (Å²) in [6, 6.07) is 7.32. The first-order valence-electron chi connectivity index (χ1n) is 8.24. The van der Waals surface area contributed by atoms with Crippen LogP contribution in [0.4, 0.5) is 0 Å². The van der Waals surface area contributed by atoms with Crippen molar-refractivity contribution in [2.75, 3.05) is 25.2 Å². The number of rotatable bonds is 6. The largest absolute Gasteiger partial charge is 0.497 e. The normalized spacial score (nSPS) is 17.8. The number of carbonyl (C=O) groups is 1. The van der Waals surface area contributed by atoms with E-state index in [-0.39, 0.29) is 30.4 Å². The number of hydrogen-bond acceptors (Lipinski definition) is 7. The molecule has 0 saturated carbocycles. The van der Waals surface area contributed by atoms with Gasteiger partial charge in [-0.1, -0.05) is 17.3 Å². The zero-order valence-corrected chi connectivity index (χ0v) is 16.4. The second kappa shape index (κ2) is 9.80. The van der Waals surface area contributed by atoms with Crippen LogP contribution in [0.5, 0.6) is 5.75 Å². The highest BCUT2D eigenvalue weighted by Gasteiger charge is 2.21. The molecule has 0 bridgehead atoms. The first-order valence-corrected chi connectivity index (χ1v) is 9.39. The van der Waals surface area contributed by atoms with Gasteiger partial charge < -0.3 is 19.9 Å². The third-order valence-corrected chi connectivity index (χ3v) is 5.08. The molecule has 2 unspecified atom stereocenters. The number of amides is 1.